The van der Waals surface area contributed by atoms with Crippen molar-refractivity contribution < 1.29 is 19.4 Å². The van der Waals surface area contributed by atoms with Crippen molar-refractivity contribution in [2.45, 2.75) is 45.1 Å². The molecular weight excluding hydrogens is 222 g/mol. The summed E-state index contributed by atoms with van der Waals surface area (Å²) < 4.78 is 5.05. The van der Waals surface area contributed by atoms with Gasteiger partial charge in [-0.2, -0.15) is 0 Å². The molecule has 0 bridgehead atoms. The van der Waals surface area contributed by atoms with E-state index in [1.165, 1.54) is 7.11 Å². The number of carbonyl (C=O) groups excluding carboxylic acids is 1. The quantitative estimate of drug-likeness (QED) is 0.760. The lowest BCUT2D eigenvalue weighted by atomic mass is 9.86. The number of hydrogen-bond acceptors (Lipinski definition) is 3. The van der Waals surface area contributed by atoms with Crippen LogP contribution in [0.1, 0.15) is 39.5 Å². The van der Waals surface area contributed by atoms with E-state index in [-0.39, 0.29) is 12.5 Å². The van der Waals surface area contributed by atoms with E-state index in [9.17, 15) is 14.7 Å². The van der Waals surface area contributed by atoms with Crippen LogP contribution in [0, 0.1) is 5.41 Å². The topological polar surface area (TPSA) is 75.6 Å². The van der Waals surface area contributed by atoms with Crippen molar-refractivity contribution in [2.75, 3.05) is 13.7 Å². The summed E-state index contributed by atoms with van der Waals surface area (Å²) in [4.78, 5) is 23.1. The Hall–Kier alpha value is -1.10. The van der Waals surface area contributed by atoms with Crippen LogP contribution in [-0.4, -0.2) is 36.2 Å². The summed E-state index contributed by atoms with van der Waals surface area (Å²) in [5.41, 5.74) is -1.70. The first-order valence-corrected chi connectivity index (χ1v) is 5.91. The van der Waals surface area contributed by atoms with Gasteiger partial charge in [-0.3, -0.25) is 9.59 Å². The van der Waals surface area contributed by atoms with E-state index in [0.717, 1.165) is 12.8 Å². The summed E-state index contributed by atoms with van der Waals surface area (Å²) in [6.07, 6.45) is 3.09. The maximum atomic E-state index is 11.8. The number of nitrogens with one attached hydrogen (secondary N) is 1. The van der Waals surface area contributed by atoms with Gasteiger partial charge in [0.1, 0.15) is 5.60 Å². The molecule has 0 atom stereocenters. The number of carboxylic acid groups (broad SMARTS) is 1. The minimum Gasteiger partial charge on any atom is -0.481 e. The van der Waals surface area contributed by atoms with Crippen LogP contribution in [-0.2, 0) is 14.3 Å². The minimum atomic E-state index is -0.918. The average molecular weight is 243 g/mol. The number of carboxylic acids is 1. The summed E-state index contributed by atoms with van der Waals surface area (Å²) in [7, 11) is 1.46. The van der Waals surface area contributed by atoms with Crippen molar-refractivity contribution in [3.05, 3.63) is 0 Å². The Morgan fingerprint density at radius 1 is 1.35 bits per heavy atom. The first kappa shape index (κ1) is 14.0. The lowest BCUT2D eigenvalue weighted by Crippen LogP contribution is -2.49. The maximum absolute atomic E-state index is 11.8. The minimum absolute atomic E-state index is 0.188. The zero-order valence-corrected chi connectivity index (χ0v) is 10.7. The van der Waals surface area contributed by atoms with Gasteiger partial charge in [-0.1, -0.05) is 12.8 Å². The molecule has 0 radical (unpaired) electrons. The van der Waals surface area contributed by atoms with E-state index >= 15 is 0 Å². The Balaban J connectivity index is 2.60. The van der Waals surface area contributed by atoms with Gasteiger partial charge >= 0.3 is 5.97 Å². The van der Waals surface area contributed by atoms with E-state index in [2.05, 4.69) is 5.32 Å². The SMILES string of the molecule is COC(C)(C)C(=O)NCC1(C(=O)O)CCCC1. The van der Waals surface area contributed by atoms with Crippen LogP contribution in [0.5, 0.6) is 0 Å². The molecule has 0 saturated heterocycles. The summed E-state index contributed by atoms with van der Waals surface area (Å²) in [6.45, 7) is 3.50. The number of aliphatic carboxylic acids is 1. The molecule has 1 fully saturated rings. The lowest BCUT2D eigenvalue weighted by molar-refractivity contribution is -0.149. The molecule has 1 aliphatic carbocycles. The second-order valence-electron chi connectivity index (χ2n) is 5.19. The molecule has 5 heteroatoms. The highest BCUT2D eigenvalue weighted by molar-refractivity contribution is 5.85. The Kier molecular flexibility index (Phi) is 4.14. The third kappa shape index (κ3) is 2.97. The van der Waals surface area contributed by atoms with Crippen molar-refractivity contribution in [3.8, 4) is 0 Å². The molecule has 1 amide bonds. The Bertz CT molecular complexity index is 306. The molecule has 0 heterocycles. The molecule has 0 aromatic carbocycles. The molecule has 17 heavy (non-hydrogen) atoms. The predicted molar refractivity (Wildman–Crippen MR) is 62.6 cm³/mol. The van der Waals surface area contributed by atoms with Gasteiger partial charge in [0.05, 0.1) is 5.41 Å². The molecule has 0 aliphatic heterocycles. The Labute approximate surface area is 102 Å². The molecule has 5 nitrogen and oxygen atoms in total. The first-order chi connectivity index (χ1) is 7.84. The molecule has 0 aromatic rings. The van der Waals surface area contributed by atoms with E-state index in [4.69, 9.17) is 4.74 Å². The first-order valence-electron chi connectivity index (χ1n) is 5.91. The van der Waals surface area contributed by atoms with Crippen LogP contribution in [0.3, 0.4) is 0 Å². The van der Waals surface area contributed by atoms with Gasteiger partial charge in [0, 0.05) is 13.7 Å². The fourth-order valence-corrected chi connectivity index (χ4v) is 2.07. The second kappa shape index (κ2) is 5.04. The van der Waals surface area contributed by atoms with Crippen molar-refractivity contribution in [3.63, 3.8) is 0 Å². The van der Waals surface area contributed by atoms with Crippen molar-refractivity contribution >= 4 is 11.9 Å². The number of carbonyl (C=O) groups is 2. The number of amides is 1. The molecule has 1 saturated carbocycles. The largest absolute Gasteiger partial charge is 0.481 e. The van der Waals surface area contributed by atoms with Crippen LogP contribution in [0.2, 0.25) is 0 Å². The fraction of sp³-hybridized carbons (Fsp3) is 0.833. The van der Waals surface area contributed by atoms with Crippen LogP contribution >= 0.6 is 0 Å². The number of rotatable bonds is 5. The molecule has 1 aliphatic rings. The van der Waals surface area contributed by atoms with Crippen molar-refractivity contribution in [2.24, 2.45) is 5.41 Å². The molecule has 0 aromatic heterocycles. The van der Waals surface area contributed by atoms with E-state index in [1.807, 2.05) is 0 Å². The zero-order chi connectivity index (χ0) is 13.1. The molecule has 0 unspecified atom stereocenters. The molecule has 0 spiro atoms. The molecule has 1 rings (SSSR count). The molecular formula is C12H21NO4. The Morgan fingerprint density at radius 2 is 1.88 bits per heavy atom. The zero-order valence-electron chi connectivity index (χ0n) is 10.7. The van der Waals surface area contributed by atoms with E-state index in [0.29, 0.717) is 12.8 Å². The number of ether oxygens (including phenoxy) is 1. The number of methoxy groups -OCH3 is 1. The Morgan fingerprint density at radius 3 is 2.29 bits per heavy atom. The summed E-state index contributed by atoms with van der Waals surface area (Å²) in [5.74, 6) is -1.09. The van der Waals surface area contributed by atoms with Crippen molar-refractivity contribution in [1.29, 1.82) is 0 Å². The van der Waals surface area contributed by atoms with Crippen LogP contribution in [0.15, 0.2) is 0 Å². The third-order valence-electron chi connectivity index (χ3n) is 3.66. The fourth-order valence-electron chi connectivity index (χ4n) is 2.07. The molecule has 98 valence electrons. The van der Waals surface area contributed by atoms with Crippen LogP contribution in [0.25, 0.3) is 0 Å². The van der Waals surface area contributed by atoms with E-state index < -0.39 is 17.0 Å². The maximum Gasteiger partial charge on any atom is 0.311 e. The van der Waals surface area contributed by atoms with Gasteiger partial charge in [0.15, 0.2) is 0 Å². The van der Waals surface area contributed by atoms with Crippen molar-refractivity contribution in [1.82, 2.24) is 5.32 Å². The number of hydrogen-bond donors (Lipinski definition) is 2. The lowest BCUT2D eigenvalue weighted by Gasteiger charge is -2.27. The van der Waals surface area contributed by atoms with Gasteiger partial charge in [0.2, 0.25) is 0 Å². The summed E-state index contributed by atoms with van der Waals surface area (Å²) in [5, 5.41) is 11.9. The van der Waals surface area contributed by atoms with Gasteiger partial charge in [-0.05, 0) is 26.7 Å². The summed E-state index contributed by atoms with van der Waals surface area (Å²) >= 11 is 0. The second-order valence-corrected chi connectivity index (χ2v) is 5.19. The monoisotopic (exact) mass is 243 g/mol. The van der Waals surface area contributed by atoms with Gasteiger partial charge in [-0.25, -0.2) is 0 Å². The highest BCUT2D eigenvalue weighted by atomic mass is 16.5. The normalized spacial score (nSPS) is 19.0. The summed E-state index contributed by atoms with van der Waals surface area (Å²) in [6, 6.07) is 0. The van der Waals surface area contributed by atoms with Crippen LogP contribution < -0.4 is 5.32 Å². The molecule has 2 N–H and O–H groups in total. The van der Waals surface area contributed by atoms with Gasteiger partial charge in [-0.15, -0.1) is 0 Å². The van der Waals surface area contributed by atoms with Gasteiger partial charge < -0.3 is 15.2 Å². The third-order valence-corrected chi connectivity index (χ3v) is 3.66. The van der Waals surface area contributed by atoms with Gasteiger partial charge in [0.25, 0.3) is 5.91 Å². The highest BCUT2D eigenvalue weighted by Crippen LogP contribution is 2.37. The van der Waals surface area contributed by atoms with Crippen LogP contribution in [0.4, 0.5) is 0 Å². The van der Waals surface area contributed by atoms with E-state index in [1.54, 1.807) is 13.8 Å². The standard InChI is InChI=1S/C12H21NO4/c1-11(2,17-3)9(14)13-8-12(10(15)16)6-4-5-7-12/h4-8H2,1-3H3,(H,13,14)(H,15,16). The highest BCUT2D eigenvalue weighted by Gasteiger charge is 2.42. The smallest absolute Gasteiger partial charge is 0.311 e. The average Bonchev–Trinajstić information content (AvgIpc) is 2.75. The predicted octanol–water partition coefficient (Wildman–Crippen LogP) is 1.17.